The maximum atomic E-state index is 5.88. The van der Waals surface area contributed by atoms with Crippen LogP contribution >= 0.6 is 11.8 Å². The molecule has 2 nitrogen and oxygen atoms in total. The van der Waals surface area contributed by atoms with Crippen LogP contribution in [0.15, 0.2) is 35.3 Å². The first-order valence-electron chi connectivity index (χ1n) is 5.08. The van der Waals surface area contributed by atoms with Crippen LogP contribution in [0, 0.1) is 5.92 Å². The Bertz CT molecular complexity index is 309. The predicted octanol–water partition coefficient (Wildman–Crippen LogP) is 2.39. The van der Waals surface area contributed by atoms with E-state index in [2.05, 4.69) is 18.2 Å². The summed E-state index contributed by atoms with van der Waals surface area (Å²) in [6.45, 7) is 3.00. The average Bonchev–Trinajstić information content (AvgIpc) is 2.27. The molecule has 1 aromatic rings. The number of rotatable bonds is 5. The zero-order valence-corrected chi connectivity index (χ0v) is 10.1. The van der Waals surface area contributed by atoms with Gasteiger partial charge >= 0.3 is 0 Å². The Morgan fingerprint density at radius 1 is 1.40 bits per heavy atom. The highest BCUT2D eigenvalue weighted by molar-refractivity contribution is 7.98. The minimum atomic E-state index is 0.585. The lowest BCUT2D eigenvalue weighted by molar-refractivity contribution is 0.677. The third-order valence-corrected chi connectivity index (χ3v) is 3.00. The van der Waals surface area contributed by atoms with Crippen molar-refractivity contribution in [3.63, 3.8) is 0 Å². The van der Waals surface area contributed by atoms with Gasteiger partial charge in [-0.15, -0.1) is 0 Å². The SMILES string of the molecule is CSCC(C)CN=C(N)c1ccccc1. The lowest BCUT2D eigenvalue weighted by Gasteiger charge is -2.06. The van der Waals surface area contributed by atoms with Crippen molar-refractivity contribution in [2.45, 2.75) is 6.92 Å². The maximum Gasteiger partial charge on any atom is 0.125 e. The summed E-state index contributed by atoms with van der Waals surface area (Å²) in [4.78, 5) is 4.39. The Morgan fingerprint density at radius 2 is 2.07 bits per heavy atom. The van der Waals surface area contributed by atoms with E-state index in [1.807, 2.05) is 42.1 Å². The standard InChI is InChI=1S/C12H18N2S/c1-10(9-15-2)8-14-12(13)11-6-4-3-5-7-11/h3-7,10H,8-9H2,1-2H3,(H2,13,14). The molecule has 0 saturated carbocycles. The molecule has 0 aliphatic heterocycles. The highest BCUT2D eigenvalue weighted by Gasteiger charge is 2.01. The van der Waals surface area contributed by atoms with E-state index in [0.717, 1.165) is 17.9 Å². The van der Waals surface area contributed by atoms with E-state index in [1.54, 1.807) is 0 Å². The van der Waals surface area contributed by atoms with Gasteiger partial charge in [-0.25, -0.2) is 0 Å². The fourth-order valence-corrected chi connectivity index (χ4v) is 1.97. The third-order valence-electron chi connectivity index (χ3n) is 2.09. The van der Waals surface area contributed by atoms with Crippen molar-refractivity contribution in [1.82, 2.24) is 0 Å². The summed E-state index contributed by atoms with van der Waals surface area (Å²) in [5, 5.41) is 0. The number of amidine groups is 1. The van der Waals surface area contributed by atoms with Gasteiger partial charge in [0.25, 0.3) is 0 Å². The maximum absolute atomic E-state index is 5.88. The second kappa shape index (κ2) is 6.51. The summed E-state index contributed by atoms with van der Waals surface area (Å²) in [6, 6.07) is 9.90. The van der Waals surface area contributed by atoms with Crippen LogP contribution in [0.4, 0.5) is 0 Å². The number of thioether (sulfide) groups is 1. The fraction of sp³-hybridized carbons (Fsp3) is 0.417. The van der Waals surface area contributed by atoms with Gasteiger partial charge in [0, 0.05) is 12.1 Å². The van der Waals surface area contributed by atoms with Crippen molar-refractivity contribution in [3.8, 4) is 0 Å². The summed E-state index contributed by atoms with van der Waals surface area (Å²) in [7, 11) is 0. The van der Waals surface area contributed by atoms with Crippen molar-refractivity contribution < 1.29 is 0 Å². The quantitative estimate of drug-likeness (QED) is 0.613. The smallest absolute Gasteiger partial charge is 0.125 e. The molecule has 0 heterocycles. The first kappa shape index (κ1) is 12.1. The number of nitrogens with two attached hydrogens (primary N) is 1. The molecule has 0 amide bonds. The van der Waals surface area contributed by atoms with E-state index in [0.29, 0.717) is 11.8 Å². The van der Waals surface area contributed by atoms with Crippen LogP contribution in [-0.2, 0) is 0 Å². The topological polar surface area (TPSA) is 38.4 Å². The van der Waals surface area contributed by atoms with E-state index >= 15 is 0 Å². The molecule has 1 atom stereocenters. The van der Waals surface area contributed by atoms with E-state index < -0.39 is 0 Å². The number of hydrogen-bond donors (Lipinski definition) is 1. The van der Waals surface area contributed by atoms with Crippen molar-refractivity contribution in [1.29, 1.82) is 0 Å². The van der Waals surface area contributed by atoms with Gasteiger partial charge in [-0.2, -0.15) is 11.8 Å². The van der Waals surface area contributed by atoms with Gasteiger partial charge in [-0.1, -0.05) is 37.3 Å². The van der Waals surface area contributed by atoms with Crippen LogP contribution in [0.3, 0.4) is 0 Å². The number of aliphatic imine (C=N–C) groups is 1. The molecule has 1 rings (SSSR count). The Morgan fingerprint density at radius 3 is 2.67 bits per heavy atom. The van der Waals surface area contributed by atoms with Gasteiger partial charge in [-0.3, -0.25) is 4.99 Å². The molecule has 0 saturated heterocycles. The Hall–Kier alpha value is -0.960. The molecule has 0 aliphatic rings. The largest absolute Gasteiger partial charge is 0.384 e. The molecule has 1 aromatic carbocycles. The third kappa shape index (κ3) is 4.38. The first-order valence-corrected chi connectivity index (χ1v) is 6.47. The molecule has 0 bridgehead atoms. The highest BCUT2D eigenvalue weighted by atomic mass is 32.2. The number of hydrogen-bond acceptors (Lipinski definition) is 2. The van der Waals surface area contributed by atoms with Crippen molar-refractivity contribution in [2.24, 2.45) is 16.6 Å². The van der Waals surface area contributed by atoms with E-state index in [-0.39, 0.29) is 0 Å². The lowest BCUT2D eigenvalue weighted by Crippen LogP contribution is -2.15. The van der Waals surface area contributed by atoms with Crippen molar-refractivity contribution >= 4 is 17.6 Å². The Kier molecular flexibility index (Phi) is 5.26. The molecule has 0 aromatic heterocycles. The molecule has 0 spiro atoms. The van der Waals surface area contributed by atoms with E-state index in [9.17, 15) is 0 Å². The molecule has 0 fully saturated rings. The van der Waals surface area contributed by atoms with Crippen LogP contribution in [0.25, 0.3) is 0 Å². The molecule has 0 radical (unpaired) electrons. The summed E-state index contributed by atoms with van der Waals surface area (Å²) in [5.74, 6) is 2.36. The second-order valence-electron chi connectivity index (χ2n) is 3.65. The van der Waals surface area contributed by atoms with Gasteiger partial charge in [0.2, 0.25) is 0 Å². The van der Waals surface area contributed by atoms with Crippen molar-refractivity contribution in [2.75, 3.05) is 18.6 Å². The van der Waals surface area contributed by atoms with Crippen molar-refractivity contribution in [3.05, 3.63) is 35.9 Å². The second-order valence-corrected chi connectivity index (χ2v) is 4.56. The van der Waals surface area contributed by atoms with Gasteiger partial charge < -0.3 is 5.73 Å². The molecular formula is C12H18N2S. The zero-order valence-electron chi connectivity index (χ0n) is 9.31. The van der Waals surface area contributed by atoms with Crippen LogP contribution < -0.4 is 5.73 Å². The van der Waals surface area contributed by atoms with Crippen LogP contribution in [-0.4, -0.2) is 24.4 Å². The minimum absolute atomic E-state index is 0.585. The highest BCUT2D eigenvalue weighted by Crippen LogP contribution is 2.05. The van der Waals surface area contributed by atoms with Gasteiger partial charge in [0.05, 0.1) is 0 Å². The summed E-state index contributed by atoms with van der Waals surface area (Å²) < 4.78 is 0. The summed E-state index contributed by atoms with van der Waals surface area (Å²) >= 11 is 1.85. The molecular weight excluding hydrogens is 204 g/mol. The molecule has 0 aliphatic carbocycles. The molecule has 15 heavy (non-hydrogen) atoms. The molecule has 82 valence electrons. The number of nitrogens with zero attached hydrogens (tertiary/aromatic N) is 1. The molecule has 1 unspecified atom stereocenters. The van der Waals surface area contributed by atoms with Crippen LogP contribution in [0.5, 0.6) is 0 Å². The van der Waals surface area contributed by atoms with Gasteiger partial charge in [0.1, 0.15) is 5.84 Å². The van der Waals surface area contributed by atoms with Crippen LogP contribution in [0.2, 0.25) is 0 Å². The minimum Gasteiger partial charge on any atom is -0.384 e. The lowest BCUT2D eigenvalue weighted by atomic mass is 10.2. The predicted molar refractivity (Wildman–Crippen MR) is 69.6 cm³/mol. The fourth-order valence-electron chi connectivity index (χ4n) is 1.29. The summed E-state index contributed by atoms with van der Waals surface area (Å²) in [5.41, 5.74) is 6.89. The van der Waals surface area contributed by atoms with Crippen LogP contribution in [0.1, 0.15) is 12.5 Å². The van der Waals surface area contributed by atoms with Gasteiger partial charge in [-0.05, 0) is 17.9 Å². The molecule has 3 heteroatoms. The zero-order chi connectivity index (χ0) is 11.1. The number of benzene rings is 1. The first-order chi connectivity index (χ1) is 7.24. The van der Waals surface area contributed by atoms with E-state index in [4.69, 9.17) is 5.73 Å². The summed E-state index contributed by atoms with van der Waals surface area (Å²) in [6.07, 6.45) is 2.11. The Balaban J connectivity index is 2.53. The monoisotopic (exact) mass is 222 g/mol. The average molecular weight is 222 g/mol. The normalized spacial score (nSPS) is 13.9. The van der Waals surface area contributed by atoms with Gasteiger partial charge in [0.15, 0.2) is 0 Å². The van der Waals surface area contributed by atoms with E-state index in [1.165, 1.54) is 0 Å². The molecule has 2 N–H and O–H groups in total. The Labute approximate surface area is 96.0 Å².